The lowest BCUT2D eigenvalue weighted by Gasteiger charge is -2.47. The number of nitrogens with zero attached hydrogens (tertiary/aromatic N) is 3. The smallest absolute Gasteiger partial charge is 0.249 e. The van der Waals surface area contributed by atoms with Gasteiger partial charge in [-0.3, -0.25) is 14.4 Å². The number of hydrogen-bond donors (Lipinski definition) is 1. The number of aliphatic hydroxyl groups excluding tert-OH is 1. The Hall–Kier alpha value is -2.97. The molecule has 4 rings (SSSR count). The number of carbonyl (C=O) groups is 3. The third-order valence-electron chi connectivity index (χ3n) is 10.3. The van der Waals surface area contributed by atoms with Crippen molar-refractivity contribution in [3.63, 3.8) is 0 Å². The van der Waals surface area contributed by atoms with E-state index in [4.69, 9.17) is 4.74 Å². The molecule has 0 radical (unpaired) electrons. The predicted octanol–water partition coefficient (Wildman–Crippen LogP) is 5.61. The number of benzene rings is 1. The summed E-state index contributed by atoms with van der Waals surface area (Å²) in [4.78, 5) is 49.9. The molecule has 45 heavy (non-hydrogen) atoms. The van der Waals surface area contributed by atoms with Gasteiger partial charge >= 0.3 is 0 Å². The Morgan fingerprint density at radius 2 is 1.69 bits per heavy atom. The summed E-state index contributed by atoms with van der Waals surface area (Å²) in [5.41, 5.74) is -1.99. The Morgan fingerprint density at radius 1 is 1.07 bits per heavy atom. The van der Waals surface area contributed by atoms with Gasteiger partial charge in [0.15, 0.2) is 0 Å². The number of anilines is 1. The molecule has 0 saturated carbocycles. The van der Waals surface area contributed by atoms with E-state index in [2.05, 4.69) is 47.8 Å². The molecule has 6 atom stereocenters. The molecular formula is C37H55N3O5. The first-order valence-electron chi connectivity index (χ1n) is 16.6. The molecule has 1 spiro atoms. The van der Waals surface area contributed by atoms with Gasteiger partial charge in [0.2, 0.25) is 17.7 Å². The molecule has 3 heterocycles. The van der Waals surface area contributed by atoms with Gasteiger partial charge in [-0.25, -0.2) is 0 Å². The monoisotopic (exact) mass is 621 g/mol. The first-order chi connectivity index (χ1) is 21.1. The summed E-state index contributed by atoms with van der Waals surface area (Å²) >= 11 is 0. The van der Waals surface area contributed by atoms with Crippen LogP contribution in [0.5, 0.6) is 0 Å². The van der Waals surface area contributed by atoms with E-state index in [1.54, 1.807) is 22.0 Å². The maximum atomic E-state index is 15.1. The van der Waals surface area contributed by atoms with Gasteiger partial charge in [-0.1, -0.05) is 71.9 Å². The third-order valence-corrected chi connectivity index (χ3v) is 10.3. The summed E-state index contributed by atoms with van der Waals surface area (Å²) in [6.07, 6.45) is 5.72. The van der Waals surface area contributed by atoms with Gasteiger partial charge in [0.25, 0.3) is 0 Å². The van der Waals surface area contributed by atoms with Crippen molar-refractivity contribution in [1.29, 1.82) is 0 Å². The topological polar surface area (TPSA) is 90.4 Å². The summed E-state index contributed by atoms with van der Waals surface area (Å²) in [6.45, 7) is 24.6. The molecule has 2 bridgehead atoms. The second-order valence-electron chi connectivity index (χ2n) is 15.4. The normalized spacial score (nSPS) is 28.3. The number of ether oxygens (including phenoxy) is 1. The van der Waals surface area contributed by atoms with Crippen molar-refractivity contribution in [2.75, 3.05) is 24.6 Å². The maximum absolute atomic E-state index is 15.1. The fraction of sp³-hybridized carbons (Fsp3) is 0.649. The van der Waals surface area contributed by atoms with Crippen LogP contribution in [-0.4, -0.2) is 81.1 Å². The zero-order valence-electron chi connectivity index (χ0n) is 28.7. The molecule has 3 amide bonds. The highest BCUT2D eigenvalue weighted by atomic mass is 16.5. The first kappa shape index (κ1) is 34.9. The van der Waals surface area contributed by atoms with Gasteiger partial charge in [0.1, 0.15) is 11.6 Å². The molecule has 0 aromatic heterocycles. The fourth-order valence-electron chi connectivity index (χ4n) is 8.82. The second-order valence-corrected chi connectivity index (χ2v) is 15.4. The number of hydrogen-bond acceptors (Lipinski definition) is 5. The summed E-state index contributed by atoms with van der Waals surface area (Å²) in [5, 5.41) is 10.7. The molecule has 8 heteroatoms. The van der Waals surface area contributed by atoms with Crippen molar-refractivity contribution in [2.24, 2.45) is 23.2 Å². The Balaban J connectivity index is 1.90. The number of amides is 3. The highest BCUT2D eigenvalue weighted by molar-refractivity contribution is 6.03. The zero-order chi connectivity index (χ0) is 33.5. The molecule has 8 nitrogen and oxygen atoms in total. The van der Waals surface area contributed by atoms with E-state index in [1.165, 1.54) is 0 Å². The van der Waals surface area contributed by atoms with E-state index in [0.29, 0.717) is 25.8 Å². The molecule has 3 aliphatic heterocycles. The maximum Gasteiger partial charge on any atom is 0.249 e. The van der Waals surface area contributed by atoms with Crippen LogP contribution in [0.25, 0.3) is 0 Å². The van der Waals surface area contributed by atoms with Crippen molar-refractivity contribution in [2.45, 2.75) is 110 Å². The molecule has 3 aliphatic rings. The van der Waals surface area contributed by atoms with Crippen molar-refractivity contribution < 1.29 is 24.2 Å². The largest absolute Gasteiger partial charge is 0.394 e. The summed E-state index contributed by atoms with van der Waals surface area (Å²) in [6, 6.07) is 7.82. The Labute approximate surface area is 270 Å². The molecule has 248 valence electrons. The van der Waals surface area contributed by atoms with Crippen molar-refractivity contribution in [3.8, 4) is 0 Å². The molecule has 1 N–H and O–H groups in total. The van der Waals surface area contributed by atoms with Gasteiger partial charge in [0, 0.05) is 24.3 Å². The van der Waals surface area contributed by atoms with Crippen LogP contribution in [-0.2, 0) is 19.1 Å². The lowest BCUT2D eigenvalue weighted by atomic mass is 9.64. The standard InChI is InChI=1S/C37H55N3O5/c1-11-21-38(26-17-15-14-16-18-26)31(42)28-29-32(43)40(27(23-41)25(4)5)30(37(29)20-19-36(28,13-3)45-37)33(44)39(22-12-2)35(9,10)24-34(6,7)8/h11-12,14-18,25,27-30,41H,1-2,13,19-24H2,3-10H3/t27-,28+,29-,30?,36-,37?/m0/s1. The minimum atomic E-state index is -1.19. The van der Waals surface area contributed by atoms with E-state index in [-0.39, 0.29) is 42.2 Å². The average molecular weight is 622 g/mol. The van der Waals surface area contributed by atoms with E-state index in [0.717, 1.165) is 12.1 Å². The van der Waals surface area contributed by atoms with E-state index in [9.17, 15) is 14.7 Å². The fourth-order valence-corrected chi connectivity index (χ4v) is 8.82. The molecule has 2 unspecified atom stereocenters. The lowest BCUT2D eigenvalue weighted by molar-refractivity contribution is -0.161. The van der Waals surface area contributed by atoms with E-state index < -0.39 is 40.7 Å². The van der Waals surface area contributed by atoms with Crippen LogP contribution in [0.15, 0.2) is 55.6 Å². The second kappa shape index (κ2) is 12.7. The zero-order valence-corrected chi connectivity index (χ0v) is 28.7. The van der Waals surface area contributed by atoms with Crippen LogP contribution in [0, 0.1) is 23.2 Å². The van der Waals surface area contributed by atoms with Crippen LogP contribution in [0.1, 0.15) is 81.1 Å². The number of fused-ring (bicyclic) bond motifs is 1. The molecule has 1 aromatic rings. The number of carbonyl (C=O) groups excluding carboxylic acids is 3. The minimum absolute atomic E-state index is 0.0705. The quantitative estimate of drug-likeness (QED) is 0.290. The number of likely N-dealkylation sites (tertiary alicyclic amines) is 1. The van der Waals surface area contributed by atoms with Gasteiger partial charge in [-0.15, -0.1) is 13.2 Å². The van der Waals surface area contributed by atoms with Gasteiger partial charge in [-0.05, 0) is 63.0 Å². The Bertz CT molecular complexity index is 1290. The van der Waals surface area contributed by atoms with Crippen molar-refractivity contribution in [3.05, 3.63) is 55.6 Å². The average Bonchev–Trinajstić information content (AvgIpc) is 3.57. The summed E-state index contributed by atoms with van der Waals surface area (Å²) in [5.74, 6) is -2.47. The highest BCUT2D eigenvalue weighted by Gasteiger charge is 2.79. The molecule has 3 saturated heterocycles. The van der Waals surface area contributed by atoms with Gasteiger partial charge in [0.05, 0.1) is 30.1 Å². The van der Waals surface area contributed by atoms with Crippen LogP contribution < -0.4 is 4.90 Å². The van der Waals surface area contributed by atoms with Crippen molar-refractivity contribution in [1.82, 2.24) is 9.80 Å². The number of para-hydroxylation sites is 1. The van der Waals surface area contributed by atoms with Gasteiger partial charge in [-0.2, -0.15) is 0 Å². The van der Waals surface area contributed by atoms with E-state index >= 15 is 4.79 Å². The summed E-state index contributed by atoms with van der Waals surface area (Å²) < 4.78 is 7.08. The van der Waals surface area contributed by atoms with Crippen LogP contribution in [0.4, 0.5) is 5.69 Å². The van der Waals surface area contributed by atoms with Crippen LogP contribution >= 0.6 is 0 Å². The summed E-state index contributed by atoms with van der Waals surface area (Å²) in [7, 11) is 0. The van der Waals surface area contributed by atoms with Crippen LogP contribution in [0.2, 0.25) is 0 Å². The first-order valence-corrected chi connectivity index (χ1v) is 16.6. The van der Waals surface area contributed by atoms with Gasteiger partial charge < -0.3 is 24.5 Å². The minimum Gasteiger partial charge on any atom is -0.394 e. The van der Waals surface area contributed by atoms with Crippen molar-refractivity contribution >= 4 is 23.4 Å². The Kier molecular flexibility index (Phi) is 9.83. The third kappa shape index (κ3) is 5.89. The number of aliphatic hydroxyl groups is 1. The predicted molar refractivity (Wildman–Crippen MR) is 178 cm³/mol. The van der Waals surface area contributed by atoms with Crippen LogP contribution in [0.3, 0.4) is 0 Å². The number of rotatable bonds is 13. The molecule has 1 aromatic carbocycles. The Morgan fingerprint density at radius 3 is 2.20 bits per heavy atom. The molecular weight excluding hydrogens is 566 g/mol. The molecule has 3 fully saturated rings. The molecule has 0 aliphatic carbocycles. The highest BCUT2D eigenvalue weighted by Crippen LogP contribution is 2.65. The van der Waals surface area contributed by atoms with E-state index in [1.807, 2.05) is 56.0 Å². The SMILES string of the molecule is C=CCN(C(=O)[C@H]1[C@H]2C(=O)N([C@@H](CO)C(C)C)C(C(=O)N(CC=C)C(C)(C)CC(C)(C)C)C23CC[C@]1(CC)O3)c1ccccc1. The lowest BCUT2D eigenvalue weighted by Crippen LogP contribution is -2.63.